The van der Waals surface area contributed by atoms with Crippen LogP contribution in [0.1, 0.15) is 31.2 Å². The van der Waals surface area contributed by atoms with Crippen molar-refractivity contribution in [3.8, 4) is 0 Å². The monoisotopic (exact) mass is 608 g/mol. The number of rotatable bonds is 4. The Bertz CT molecular complexity index is 1250. The summed E-state index contributed by atoms with van der Waals surface area (Å²) in [6, 6.07) is 28.7. The van der Waals surface area contributed by atoms with Crippen LogP contribution in [0.2, 0.25) is 18.6 Å². The first-order valence-electron chi connectivity index (χ1n) is 13.6. The first-order chi connectivity index (χ1) is 18.5. The molecule has 0 bridgehead atoms. The van der Waals surface area contributed by atoms with Gasteiger partial charge in [0.15, 0.2) is 8.24 Å². The van der Waals surface area contributed by atoms with Crippen LogP contribution in [0.3, 0.4) is 0 Å². The number of para-hydroxylation sites is 4. The summed E-state index contributed by atoms with van der Waals surface area (Å²) in [6.07, 6.45) is 12.2. The summed E-state index contributed by atoms with van der Waals surface area (Å²) >= 11 is -0.556. The molecule has 39 heavy (non-hydrogen) atoms. The molecule has 3 aromatic carbocycles. The number of hydrogen-bond donors (Lipinski definition) is 0. The Morgan fingerprint density at radius 1 is 0.846 bits per heavy atom. The van der Waals surface area contributed by atoms with Crippen LogP contribution in [0.5, 0.6) is 0 Å². The average molecular weight is 610 g/mol. The predicted molar refractivity (Wildman–Crippen MR) is 170 cm³/mol. The Labute approximate surface area is 253 Å². The molecule has 6 rings (SSSR count). The van der Waals surface area contributed by atoms with E-state index in [1.807, 2.05) is 0 Å². The summed E-state index contributed by atoms with van der Waals surface area (Å²) in [5.74, 6) is 2.44. The third-order valence-corrected chi connectivity index (χ3v) is 12.9. The zero-order valence-electron chi connectivity index (χ0n) is 23.3. The Morgan fingerprint density at radius 3 is 1.97 bits per heavy atom. The molecule has 5 atom stereocenters. The van der Waals surface area contributed by atoms with Crippen molar-refractivity contribution < 1.29 is 17.0 Å². The molecule has 1 fully saturated rings. The number of fused-ring (bicyclic) bond motifs is 3. The molecule has 1 saturated carbocycles. The Balaban J connectivity index is 0.000000845. The second-order valence-electron chi connectivity index (χ2n) is 11.0. The molecule has 1 heterocycles. The van der Waals surface area contributed by atoms with Gasteiger partial charge in [-0.3, -0.25) is 0 Å². The number of hydrogen-bond acceptors (Lipinski definition) is 1. The minimum absolute atomic E-state index is 0. The van der Waals surface area contributed by atoms with Crippen molar-refractivity contribution in [1.29, 1.82) is 0 Å². The Hall–Kier alpha value is -1.75. The van der Waals surface area contributed by atoms with Gasteiger partial charge in [0.25, 0.3) is 0 Å². The maximum absolute atomic E-state index is 5.04. The fraction of sp³-hybridized carbons (Fsp3) is 0.303. The van der Waals surface area contributed by atoms with Gasteiger partial charge < -0.3 is 17.3 Å². The number of anilines is 2. The van der Waals surface area contributed by atoms with Gasteiger partial charge >= 0.3 is 35.6 Å². The van der Waals surface area contributed by atoms with Crippen LogP contribution in [-0.2, 0) is 17.0 Å². The van der Waals surface area contributed by atoms with Crippen LogP contribution in [0, 0.1) is 25.2 Å². The SMILES string of the molecule is CC[C@@H]1C[C@@H]2C(c3ccccc3)C=CC=C[C@@H]2C1[Si](C)(C)N1c2ccccc2[N-]c2ccccc21.[CH3-].[Cl][Ti][Cl]. The van der Waals surface area contributed by atoms with E-state index in [2.05, 4.69) is 128 Å². The van der Waals surface area contributed by atoms with Crippen LogP contribution in [-0.4, -0.2) is 8.24 Å². The van der Waals surface area contributed by atoms with E-state index in [1.165, 1.54) is 29.8 Å². The van der Waals surface area contributed by atoms with E-state index < -0.39 is 25.3 Å². The van der Waals surface area contributed by atoms with E-state index in [4.69, 9.17) is 23.9 Å². The van der Waals surface area contributed by atoms with Gasteiger partial charge in [-0.25, -0.2) is 0 Å². The zero-order valence-corrected chi connectivity index (χ0v) is 27.3. The van der Waals surface area contributed by atoms with Gasteiger partial charge in [-0.05, 0) is 47.4 Å². The van der Waals surface area contributed by atoms with Gasteiger partial charge in [0.05, 0.1) is 0 Å². The van der Waals surface area contributed by atoms with Crippen LogP contribution >= 0.6 is 18.6 Å². The quantitative estimate of drug-likeness (QED) is 0.213. The summed E-state index contributed by atoms with van der Waals surface area (Å²) in [5.41, 5.74) is 6.92. The first-order valence-corrected chi connectivity index (χ1v) is 20.9. The van der Waals surface area contributed by atoms with Crippen molar-refractivity contribution in [1.82, 2.24) is 0 Å². The molecule has 0 N–H and O–H groups in total. The molecule has 3 aliphatic rings. The average Bonchev–Trinajstić information content (AvgIpc) is 3.19. The summed E-state index contributed by atoms with van der Waals surface area (Å²) in [6.45, 7) is 7.65. The van der Waals surface area contributed by atoms with E-state index in [1.54, 1.807) is 0 Å². The number of allylic oxidation sites excluding steroid dienone is 4. The van der Waals surface area contributed by atoms with Crippen molar-refractivity contribution in [2.45, 2.75) is 44.3 Å². The van der Waals surface area contributed by atoms with Gasteiger partial charge in [0.2, 0.25) is 0 Å². The van der Waals surface area contributed by atoms with E-state index >= 15 is 0 Å². The van der Waals surface area contributed by atoms with Crippen LogP contribution in [0.15, 0.2) is 103 Å². The molecule has 3 aromatic rings. The van der Waals surface area contributed by atoms with E-state index in [0.717, 1.165) is 17.3 Å². The second kappa shape index (κ2) is 13.3. The third-order valence-electron chi connectivity index (χ3n) is 8.80. The molecule has 6 heteroatoms. The number of benzene rings is 3. The molecule has 0 amide bonds. The van der Waals surface area contributed by atoms with Crippen molar-refractivity contribution >= 4 is 49.6 Å². The fourth-order valence-corrected chi connectivity index (χ4v) is 12.2. The van der Waals surface area contributed by atoms with Gasteiger partial charge in [-0.2, -0.15) is 0 Å². The molecule has 0 radical (unpaired) electrons. The molecule has 0 aromatic heterocycles. The molecule has 0 spiro atoms. The Morgan fingerprint density at radius 2 is 1.38 bits per heavy atom. The van der Waals surface area contributed by atoms with Crippen molar-refractivity contribution in [3.63, 3.8) is 0 Å². The second-order valence-corrected chi connectivity index (χ2v) is 18.0. The number of halogens is 2. The topological polar surface area (TPSA) is 17.3 Å². The predicted octanol–water partition coefficient (Wildman–Crippen LogP) is 11.4. The molecule has 2 unspecified atom stereocenters. The first kappa shape index (κ1) is 30.2. The third kappa shape index (κ3) is 5.85. The molecular weight excluding hydrogens is 571 g/mol. The molecule has 1 aliphatic heterocycles. The van der Waals surface area contributed by atoms with Crippen molar-refractivity contribution in [2.75, 3.05) is 4.57 Å². The maximum atomic E-state index is 5.04. The molecule has 2 aliphatic carbocycles. The number of nitrogens with zero attached hydrogens (tertiary/aromatic N) is 2. The summed E-state index contributed by atoms with van der Waals surface area (Å²) in [5, 5.41) is 5.04. The van der Waals surface area contributed by atoms with Crippen molar-refractivity contribution in [3.05, 3.63) is 121 Å². The normalized spacial score (nSPS) is 24.5. The standard InChI is InChI=1S/C32H35N2Si.CH3.2ClH.Ti/c1-4-23-22-27-25(24-14-6-5-7-15-24)16-8-9-17-26(27)32(23)35(2,3)34-30-20-12-10-18-28(30)33-29-19-11-13-21-31(29)34;;;;/h5-21,23,25-27,32H,4,22H2,1-3H3;1H3;2*1H;/q2*-1;;;+2/p-2/t23-,25?,26+,27-,32?;;;;/m1..../s1. The van der Waals surface area contributed by atoms with E-state index in [-0.39, 0.29) is 7.43 Å². The van der Waals surface area contributed by atoms with Gasteiger partial charge in [0, 0.05) is 17.3 Å². The van der Waals surface area contributed by atoms with E-state index in [9.17, 15) is 0 Å². The van der Waals surface area contributed by atoms with Crippen LogP contribution < -0.4 is 4.57 Å². The molecule has 2 nitrogen and oxygen atoms in total. The molecular formula is C33H38Cl2N2SiTi-2. The Kier molecular flexibility index (Phi) is 10.3. The van der Waals surface area contributed by atoms with Crippen LogP contribution in [0.25, 0.3) is 5.32 Å². The fourth-order valence-electron chi connectivity index (χ4n) is 7.43. The summed E-state index contributed by atoms with van der Waals surface area (Å²) < 4.78 is 2.75. The van der Waals surface area contributed by atoms with Crippen LogP contribution in [0.4, 0.5) is 22.7 Å². The van der Waals surface area contributed by atoms with E-state index in [0.29, 0.717) is 23.3 Å². The summed E-state index contributed by atoms with van der Waals surface area (Å²) in [4.78, 5) is 0. The van der Waals surface area contributed by atoms with Crippen molar-refractivity contribution in [2.24, 2.45) is 17.8 Å². The molecule has 0 saturated heterocycles. The zero-order chi connectivity index (χ0) is 26.7. The van der Waals surface area contributed by atoms with Gasteiger partial charge in [0.1, 0.15) is 0 Å². The van der Waals surface area contributed by atoms with Gasteiger partial charge in [-0.1, -0.05) is 117 Å². The molecule has 204 valence electrons. The van der Waals surface area contributed by atoms with Gasteiger partial charge in [-0.15, -0.1) is 11.4 Å². The minimum atomic E-state index is -2.02. The summed E-state index contributed by atoms with van der Waals surface area (Å²) in [7, 11) is 7.75.